The van der Waals surface area contributed by atoms with Gasteiger partial charge in [-0.15, -0.1) is 0 Å². The first-order valence-electron chi connectivity index (χ1n) is 4.76. The normalized spacial score (nSPS) is 9.79. The van der Waals surface area contributed by atoms with Gasteiger partial charge in [-0.1, -0.05) is 26.0 Å². The largest absolute Gasteiger partial charge is 0.383 e. The molecule has 1 heterocycles. The van der Waals surface area contributed by atoms with Crippen LogP contribution in [0, 0.1) is 0 Å². The third-order valence-corrected chi connectivity index (χ3v) is 1.94. The summed E-state index contributed by atoms with van der Waals surface area (Å²) in [5, 5.41) is 3.20. The van der Waals surface area contributed by atoms with Gasteiger partial charge in [-0.25, -0.2) is 9.97 Å². The number of nitrogens with two attached hydrogens (primary N) is 1. The van der Waals surface area contributed by atoms with Crippen molar-refractivity contribution in [3.63, 3.8) is 0 Å². The Kier molecular flexibility index (Phi) is 3.91. The third-order valence-electron chi connectivity index (χ3n) is 1.94. The van der Waals surface area contributed by atoms with Crippen LogP contribution < -0.4 is 11.1 Å². The summed E-state index contributed by atoms with van der Waals surface area (Å²) in [6.45, 7) is 6.72. The molecule has 1 rings (SSSR count). The van der Waals surface area contributed by atoms with Crippen LogP contribution in [-0.4, -0.2) is 16.5 Å². The van der Waals surface area contributed by atoms with E-state index in [1.807, 2.05) is 0 Å². The Morgan fingerprint density at radius 2 is 2.36 bits per heavy atom. The Labute approximate surface area is 84.3 Å². The fourth-order valence-electron chi connectivity index (χ4n) is 1.13. The minimum absolute atomic E-state index is 0.467. The quantitative estimate of drug-likeness (QED) is 0.699. The van der Waals surface area contributed by atoms with E-state index in [9.17, 15) is 0 Å². The maximum Gasteiger partial charge on any atom is 0.138 e. The number of nitrogen functional groups attached to an aromatic ring is 1. The van der Waals surface area contributed by atoms with Crippen LogP contribution in [0.15, 0.2) is 12.9 Å². The lowest BCUT2D eigenvalue weighted by Crippen LogP contribution is -2.07. The van der Waals surface area contributed by atoms with Crippen LogP contribution in [0.25, 0.3) is 6.08 Å². The number of rotatable bonds is 5. The Morgan fingerprint density at radius 1 is 1.57 bits per heavy atom. The molecule has 14 heavy (non-hydrogen) atoms. The maximum atomic E-state index is 5.67. The van der Waals surface area contributed by atoms with Gasteiger partial charge in [0.1, 0.15) is 18.0 Å². The van der Waals surface area contributed by atoms with Crippen LogP contribution in [0.2, 0.25) is 0 Å². The Balaban J connectivity index is 2.75. The van der Waals surface area contributed by atoms with Crippen molar-refractivity contribution >= 4 is 17.7 Å². The lowest BCUT2D eigenvalue weighted by atomic mass is 10.2. The molecule has 0 saturated heterocycles. The van der Waals surface area contributed by atoms with Crippen LogP contribution in [0.1, 0.15) is 25.3 Å². The molecule has 0 atom stereocenters. The summed E-state index contributed by atoms with van der Waals surface area (Å²) < 4.78 is 0. The Hall–Kier alpha value is -1.58. The van der Waals surface area contributed by atoms with Crippen LogP contribution in [0.5, 0.6) is 0 Å². The average Bonchev–Trinajstić information content (AvgIpc) is 2.18. The van der Waals surface area contributed by atoms with Crippen molar-refractivity contribution in [2.24, 2.45) is 0 Å². The SMILES string of the molecule is C=Cc1c(N)ncnc1NCCCC. The highest BCUT2D eigenvalue weighted by Gasteiger charge is 2.03. The van der Waals surface area contributed by atoms with Crippen LogP contribution in [-0.2, 0) is 0 Å². The van der Waals surface area contributed by atoms with Crippen molar-refractivity contribution in [2.45, 2.75) is 19.8 Å². The second kappa shape index (κ2) is 5.21. The number of hydrogen-bond donors (Lipinski definition) is 2. The molecule has 3 N–H and O–H groups in total. The zero-order valence-electron chi connectivity index (χ0n) is 8.45. The molecule has 76 valence electrons. The molecule has 1 aromatic rings. The van der Waals surface area contributed by atoms with Crippen molar-refractivity contribution in [2.75, 3.05) is 17.6 Å². The zero-order chi connectivity index (χ0) is 10.4. The summed E-state index contributed by atoms with van der Waals surface area (Å²) in [6, 6.07) is 0. The molecule has 4 heteroatoms. The molecule has 0 aliphatic carbocycles. The molecule has 0 amide bonds. The fraction of sp³-hybridized carbons (Fsp3) is 0.400. The van der Waals surface area contributed by atoms with Gasteiger partial charge in [-0.05, 0) is 6.42 Å². The van der Waals surface area contributed by atoms with Crippen molar-refractivity contribution < 1.29 is 0 Å². The topological polar surface area (TPSA) is 63.8 Å². The number of unbranched alkanes of at least 4 members (excludes halogenated alkanes) is 1. The Morgan fingerprint density at radius 3 is 3.00 bits per heavy atom. The number of anilines is 2. The summed E-state index contributed by atoms with van der Waals surface area (Å²) >= 11 is 0. The van der Waals surface area contributed by atoms with Crippen LogP contribution in [0.3, 0.4) is 0 Å². The van der Waals surface area contributed by atoms with Crippen molar-refractivity contribution in [3.05, 3.63) is 18.5 Å². The summed E-state index contributed by atoms with van der Waals surface area (Å²) in [5.74, 6) is 1.23. The zero-order valence-corrected chi connectivity index (χ0v) is 8.45. The van der Waals surface area contributed by atoms with E-state index in [0.717, 1.165) is 30.8 Å². The van der Waals surface area contributed by atoms with Gasteiger partial charge in [-0.2, -0.15) is 0 Å². The van der Waals surface area contributed by atoms with Gasteiger partial charge >= 0.3 is 0 Å². The van der Waals surface area contributed by atoms with Gasteiger partial charge in [-0.3, -0.25) is 0 Å². The van der Waals surface area contributed by atoms with E-state index in [0.29, 0.717) is 5.82 Å². The van der Waals surface area contributed by atoms with E-state index in [1.54, 1.807) is 6.08 Å². The molecule has 4 nitrogen and oxygen atoms in total. The molecule has 0 bridgehead atoms. The molecule has 0 unspecified atom stereocenters. The first-order chi connectivity index (χ1) is 6.79. The van der Waals surface area contributed by atoms with E-state index in [-0.39, 0.29) is 0 Å². The monoisotopic (exact) mass is 192 g/mol. The second-order valence-corrected chi connectivity index (χ2v) is 3.01. The van der Waals surface area contributed by atoms with Gasteiger partial charge in [0.2, 0.25) is 0 Å². The lowest BCUT2D eigenvalue weighted by molar-refractivity contribution is 0.830. The van der Waals surface area contributed by atoms with Crippen LogP contribution >= 0.6 is 0 Å². The highest BCUT2D eigenvalue weighted by atomic mass is 15.0. The van der Waals surface area contributed by atoms with Gasteiger partial charge in [0.05, 0.1) is 5.56 Å². The standard InChI is InChI=1S/C10H16N4/c1-3-5-6-12-10-8(4-2)9(11)13-7-14-10/h4,7H,2-3,5-6H2,1H3,(H3,11,12,13,14). The smallest absolute Gasteiger partial charge is 0.138 e. The first-order valence-corrected chi connectivity index (χ1v) is 4.76. The van der Waals surface area contributed by atoms with Crippen LogP contribution in [0.4, 0.5) is 11.6 Å². The van der Waals surface area contributed by atoms with E-state index < -0.39 is 0 Å². The van der Waals surface area contributed by atoms with E-state index >= 15 is 0 Å². The number of aromatic nitrogens is 2. The number of nitrogens with one attached hydrogen (secondary N) is 1. The van der Waals surface area contributed by atoms with Gasteiger partial charge in [0.25, 0.3) is 0 Å². The van der Waals surface area contributed by atoms with E-state index in [2.05, 4.69) is 28.8 Å². The van der Waals surface area contributed by atoms with Gasteiger partial charge in [0, 0.05) is 6.54 Å². The third kappa shape index (κ3) is 2.45. The molecular weight excluding hydrogens is 176 g/mol. The van der Waals surface area contributed by atoms with E-state index in [4.69, 9.17) is 5.73 Å². The average molecular weight is 192 g/mol. The summed E-state index contributed by atoms with van der Waals surface area (Å²) in [7, 11) is 0. The summed E-state index contributed by atoms with van der Waals surface area (Å²) in [6.07, 6.45) is 5.39. The summed E-state index contributed by atoms with van der Waals surface area (Å²) in [5.41, 5.74) is 6.45. The fourth-order valence-corrected chi connectivity index (χ4v) is 1.13. The summed E-state index contributed by atoms with van der Waals surface area (Å²) in [4.78, 5) is 8.00. The second-order valence-electron chi connectivity index (χ2n) is 3.01. The molecule has 0 saturated carbocycles. The number of nitrogens with zero attached hydrogens (tertiary/aromatic N) is 2. The minimum Gasteiger partial charge on any atom is -0.383 e. The minimum atomic E-state index is 0.467. The van der Waals surface area contributed by atoms with Gasteiger partial charge < -0.3 is 11.1 Å². The highest BCUT2D eigenvalue weighted by molar-refractivity contribution is 5.70. The molecule has 1 aromatic heterocycles. The predicted octanol–water partition coefficient (Wildman–Crippen LogP) is 1.91. The molecule has 0 radical (unpaired) electrons. The molecule has 0 spiro atoms. The highest BCUT2D eigenvalue weighted by Crippen LogP contribution is 2.17. The lowest BCUT2D eigenvalue weighted by Gasteiger charge is -2.08. The molecule has 0 aliphatic rings. The molecule has 0 fully saturated rings. The predicted molar refractivity (Wildman–Crippen MR) is 59.9 cm³/mol. The molecular formula is C10H16N4. The van der Waals surface area contributed by atoms with Gasteiger partial charge in [0.15, 0.2) is 0 Å². The molecule has 0 aliphatic heterocycles. The van der Waals surface area contributed by atoms with Crippen molar-refractivity contribution in [1.82, 2.24) is 9.97 Å². The maximum absolute atomic E-state index is 5.67. The van der Waals surface area contributed by atoms with Crippen molar-refractivity contribution in [3.8, 4) is 0 Å². The van der Waals surface area contributed by atoms with E-state index in [1.165, 1.54) is 6.33 Å². The van der Waals surface area contributed by atoms with Crippen molar-refractivity contribution in [1.29, 1.82) is 0 Å². The molecule has 0 aromatic carbocycles. The Bertz CT molecular complexity index is 309. The first kappa shape index (κ1) is 10.5. The number of hydrogen-bond acceptors (Lipinski definition) is 4.